The van der Waals surface area contributed by atoms with E-state index in [1.165, 1.54) is 0 Å². The number of ether oxygens (including phenoxy) is 1. The van der Waals surface area contributed by atoms with E-state index in [-0.39, 0.29) is 12.6 Å². The number of hydrogen-bond acceptors (Lipinski definition) is 4. The van der Waals surface area contributed by atoms with Crippen LogP contribution in [0.5, 0.6) is 0 Å². The lowest BCUT2D eigenvalue weighted by Crippen LogP contribution is -2.24. The molecule has 0 saturated carbocycles. The number of nitrogens with two attached hydrogens (primary N) is 1. The molecule has 0 rings (SSSR count). The molecule has 0 aromatic heterocycles. The summed E-state index contributed by atoms with van der Waals surface area (Å²) in [5, 5.41) is 8.53. The quantitative estimate of drug-likeness (QED) is 0.543. The third-order valence-electron chi connectivity index (χ3n) is 1.26. The van der Waals surface area contributed by atoms with Crippen LogP contribution in [0.25, 0.3) is 0 Å². The van der Waals surface area contributed by atoms with Gasteiger partial charge in [0.1, 0.15) is 0 Å². The number of aliphatic hydroxyl groups is 1. The van der Waals surface area contributed by atoms with Crippen LogP contribution in [-0.4, -0.2) is 43.0 Å². The van der Waals surface area contributed by atoms with E-state index in [4.69, 9.17) is 15.6 Å². The van der Waals surface area contributed by atoms with Crippen LogP contribution in [0.15, 0.2) is 0 Å². The maximum atomic E-state index is 8.53. The molecule has 1 unspecified atom stereocenters. The molecule has 0 heterocycles. The van der Waals surface area contributed by atoms with Gasteiger partial charge in [-0.1, -0.05) is 0 Å². The molecular formula is C7H17NO2S. The van der Waals surface area contributed by atoms with Crippen LogP contribution in [0.3, 0.4) is 0 Å². The molecule has 0 aliphatic heterocycles. The van der Waals surface area contributed by atoms with Crippen molar-refractivity contribution < 1.29 is 9.84 Å². The fourth-order valence-electron chi connectivity index (χ4n) is 0.626. The summed E-state index contributed by atoms with van der Waals surface area (Å²) in [5.41, 5.74) is 5.64. The van der Waals surface area contributed by atoms with Crippen molar-refractivity contribution in [2.75, 3.05) is 31.8 Å². The van der Waals surface area contributed by atoms with Gasteiger partial charge in [-0.3, -0.25) is 0 Å². The van der Waals surface area contributed by atoms with Gasteiger partial charge in [0.25, 0.3) is 0 Å². The highest BCUT2D eigenvalue weighted by Crippen LogP contribution is 2.02. The molecule has 3 N–H and O–H groups in total. The van der Waals surface area contributed by atoms with Crippen LogP contribution >= 0.6 is 11.8 Å². The second-order valence-corrected chi connectivity index (χ2v) is 3.49. The monoisotopic (exact) mass is 179 g/mol. The van der Waals surface area contributed by atoms with Gasteiger partial charge in [-0.2, -0.15) is 11.8 Å². The fourth-order valence-corrected chi connectivity index (χ4v) is 1.55. The molecular weight excluding hydrogens is 162 g/mol. The third-order valence-corrected chi connectivity index (χ3v) is 2.38. The van der Waals surface area contributed by atoms with Crippen molar-refractivity contribution in [1.82, 2.24) is 0 Å². The van der Waals surface area contributed by atoms with Crippen LogP contribution in [0.1, 0.15) is 6.42 Å². The van der Waals surface area contributed by atoms with E-state index in [9.17, 15) is 0 Å². The molecule has 0 amide bonds. The highest BCUT2D eigenvalue weighted by molar-refractivity contribution is 7.99. The van der Waals surface area contributed by atoms with E-state index in [1.807, 2.05) is 0 Å². The van der Waals surface area contributed by atoms with Gasteiger partial charge in [0.15, 0.2) is 0 Å². The Morgan fingerprint density at radius 2 is 2.36 bits per heavy atom. The Morgan fingerprint density at radius 3 is 2.91 bits per heavy atom. The molecule has 0 bridgehead atoms. The molecule has 0 aromatic rings. The lowest BCUT2D eigenvalue weighted by Gasteiger charge is -2.08. The normalized spacial score (nSPS) is 13.4. The zero-order valence-electron chi connectivity index (χ0n) is 6.95. The number of aliphatic hydroxyl groups excluding tert-OH is 1. The van der Waals surface area contributed by atoms with Gasteiger partial charge in [0.05, 0.1) is 6.61 Å². The van der Waals surface area contributed by atoms with E-state index in [0.717, 1.165) is 18.1 Å². The largest absolute Gasteiger partial charge is 0.396 e. The summed E-state index contributed by atoms with van der Waals surface area (Å²) in [4.78, 5) is 0. The molecule has 0 aliphatic rings. The Hall–Kier alpha value is 0.230. The molecule has 0 spiro atoms. The van der Waals surface area contributed by atoms with Crippen LogP contribution in [0, 0.1) is 0 Å². The molecule has 0 aromatic carbocycles. The first-order valence-electron chi connectivity index (χ1n) is 3.74. The number of methoxy groups -OCH3 is 1. The third kappa shape index (κ3) is 8.13. The van der Waals surface area contributed by atoms with E-state index in [0.29, 0.717) is 6.42 Å². The van der Waals surface area contributed by atoms with Gasteiger partial charge in [-0.15, -0.1) is 0 Å². The van der Waals surface area contributed by atoms with Gasteiger partial charge in [0, 0.05) is 31.3 Å². The Bertz CT molecular complexity index is 82.8. The second-order valence-electron chi connectivity index (χ2n) is 2.34. The van der Waals surface area contributed by atoms with Crippen LogP contribution in [-0.2, 0) is 4.74 Å². The Balaban J connectivity index is 2.97. The van der Waals surface area contributed by atoms with Crippen molar-refractivity contribution in [2.45, 2.75) is 12.5 Å². The number of rotatable bonds is 7. The Kier molecular flexibility index (Phi) is 8.50. The summed E-state index contributed by atoms with van der Waals surface area (Å²) in [7, 11) is 1.69. The first-order chi connectivity index (χ1) is 5.31. The summed E-state index contributed by atoms with van der Waals surface area (Å²) in [5.74, 6) is 1.89. The van der Waals surface area contributed by atoms with Gasteiger partial charge < -0.3 is 15.6 Å². The van der Waals surface area contributed by atoms with Crippen molar-refractivity contribution in [2.24, 2.45) is 5.73 Å². The highest BCUT2D eigenvalue weighted by atomic mass is 32.2. The Morgan fingerprint density at radius 1 is 1.64 bits per heavy atom. The van der Waals surface area contributed by atoms with Crippen LogP contribution in [0.2, 0.25) is 0 Å². The zero-order chi connectivity index (χ0) is 8.53. The smallest absolute Gasteiger partial charge is 0.0552 e. The van der Waals surface area contributed by atoms with E-state index in [1.54, 1.807) is 18.9 Å². The summed E-state index contributed by atoms with van der Waals surface area (Å²) >= 11 is 1.76. The summed E-state index contributed by atoms with van der Waals surface area (Å²) in [6, 6.07) is 0.127. The van der Waals surface area contributed by atoms with Gasteiger partial charge >= 0.3 is 0 Å². The van der Waals surface area contributed by atoms with Crippen molar-refractivity contribution in [3.8, 4) is 0 Å². The maximum absolute atomic E-state index is 8.53. The first kappa shape index (κ1) is 11.2. The predicted molar refractivity (Wildman–Crippen MR) is 48.9 cm³/mol. The van der Waals surface area contributed by atoms with E-state index < -0.39 is 0 Å². The average molecular weight is 179 g/mol. The Labute approximate surface area is 72.3 Å². The maximum Gasteiger partial charge on any atom is 0.0552 e. The molecule has 0 saturated heterocycles. The first-order valence-corrected chi connectivity index (χ1v) is 4.90. The average Bonchev–Trinajstić information content (AvgIpc) is 1.99. The molecule has 1 atom stereocenters. The van der Waals surface area contributed by atoms with Crippen LogP contribution < -0.4 is 5.73 Å². The summed E-state index contributed by atoms with van der Waals surface area (Å²) in [6.45, 7) is 0.961. The topological polar surface area (TPSA) is 55.5 Å². The van der Waals surface area contributed by atoms with Gasteiger partial charge in [-0.05, 0) is 6.42 Å². The number of thioether (sulfide) groups is 1. The standard InChI is InChI=1S/C7H17NO2S/c1-10-4-5-11-6-7(8)2-3-9/h7,9H,2-6,8H2,1H3. The SMILES string of the molecule is COCCSCC(N)CCO. The molecule has 0 radical (unpaired) electrons. The van der Waals surface area contributed by atoms with Crippen molar-refractivity contribution >= 4 is 11.8 Å². The molecule has 11 heavy (non-hydrogen) atoms. The zero-order valence-corrected chi connectivity index (χ0v) is 7.77. The molecule has 4 heteroatoms. The van der Waals surface area contributed by atoms with E-state index in [2.05, 4.69) is 0 Å². The van der Waals surface area contributed by atoms with Crippen LogP contribution in [0.4, 0.5) is 0 Å². The van der Waals surface area contributed by atoms with Gasteiger partial charge in [0.2, 0.25) is 0 Å². The molecule has 0 aliphatic carbocycles. The summed E-state index contributed by atoms with van der Waals surface area (Å²) < 4.78 is 4.87. The highest BCUT2D eigenvalue weighted by Gasteiger charge is 2.00. The second kappa shape index (κ2) is 8.33. The van der Waals surface area contributed by atoms with Gasteiger partial charge in [-0.25, -0.2) is 0 Å². The lowest BCUT2D eigenvalue weighted by atomic mass is 10.3. The molecule has 3 nitrogen and oxygen atoms in total. The predicted octanol–water partition coefficient (Wildman–Crippen LogP) is 0.0757. The molecule has 68 valence electrons. The molecule has 0 fully saturated rings. The minimum absolute atomic E-state index is 0.127. The number of hydrogen-bond donors (Lipinski definition) is 2. The minimum atomic E-state index is 0.127. The minimum Gasteiger partial charge on any atom is -0.396 e. The summed E-state index contributed by atoms with van der Waals surface area (Å²) in [6.07, 6.45) is 0.694. The van der Waals surface area contributed by atoms with Crippen molar-refractivity contribution in [3.63, 3.8) is 0 Å². The fraction of sp³-hybridized carbons (Fsp3) is 1.00. The van der Waals surface area contributed by atoms with Crippen molar-refractivity contribution in [3.05, 3.63) is 0 Å². The lowest BCUT2D eigenvalue weighted by molar-refractivity contribution is 0.218. The van der Waals surface area contributed by atoms with Crippen molar-refractivity contribution in [1.29, 1.82) is 0 Å². The van der Waals surface area contributed by atoms with E-state index >= 15 is 0 Å².